The maximum absolute atomic E-state index is 13.7. The summed E-state index contributed by atoms with van der Waals surface area (Å²) in [6, 6.07) is 25.9. The first-order chi connectivity index (χ1) is 16.2. The predicted molar refractivity (Wildman–Crippen MR) is 134 cm³/mol. The Balaban J connectivity index is 1.78. The summed E-state index contributed by atoms with van der Waals surface area (Å²) in [5.74, 6) is 1.34. The molecule has 0 saturated carbocycles. The van der Waals surface area contributed by atoms with Crippen molar-refractivity contribution in [1.82, 2.24) is 4.57 Å². The van der Waals surface area contributed by atoms with E-state index in [1.54, 1.807) is 0 Å². The minimum Gasteiger partial charge on any atom is -0.494 e. The fraction of sp³-hybridized carbons (Fsp3) is 0.179. The summed E-state index contributed by atoms with van der Waals surface area (Å²) in [6.07, 6.45) is 0. The highest BCUT2D eigenvalue weighted by Gasteiger charge is 2.23. The van der Waals surface area contributed by atoms with Gasteiger partial charge in [-0.1, -0.05) is 54.6 Å². The summed E-state index contributed by atoms with van der Waals surface area (Å²) in [7, 11) is 0. The fourth-order valence-corrected chi connectivity index (χ4v) is 4.37. The van der Waals surface area contributed by atoms with Gasteiger partial charge < -0.3 is 19.0 Å². The third-order valence-electron chi connectivity index (χ3n) is 5.85. The molecule has 2 aromatic heterocycles. The van der Waals surface area contributed by atoms with Crippen LogP contribution < -0.4 is 15.6 Å². The first-order valence-electron chi connectivity index (χ1n) is 11.3. The zero-order valence-electron chi connectivity index (χ0n) is 18.8. The van der Waals surface area contributed by atoms with E-state index in [0.717, 1.165) is 33.3 Å². The maximum atomic E-state index is 13.7. The number of benzene rings is 3. The van der Waals surface area contributed by atoms with Gasteiger partial charge in [0.25, 0.3) is 5.56 Å². The highest BCUT2D eigenvalue weighted by Crippen LogP contribution is 2.40. The smallest absolute Gasteiger partial charge is 0.262 e. The monoisotopic (exact) mass is 438 g/mol. The number of ether oxygens (including phenoxy) is 1. The second-order valence-corrected chi connectivity index (χ2v) is 7.88. The highest BCUT2D eigenvalue weighted by molar-refractivity contribution is 6.10. The molecule has 2 heterocycles. The number of nitrogens with zero attached hydrogens (tertiary/aromatic N) is 1. The van der Waals surface area contributed by atoms with Crippen LogP contribution in [0.1, 0.15) is 19.4 Å². The SMILES string of the molecule is CCOc1cccc(-c2c(NCc3ccccc3)oc3c2c(=O)n(CC)c2ccccc32)c1. The lowest BCUT2D eigenvalue weighted by molar-refractivity contribution is 0.340. The quantitative estimate of drug-likeness (QED) is 0.317. The van der Waals surface area contributed by atoms with Crippen molar-refractivity contribution in [2.75, 3.05) is 11.9 Å². The van der Waals surface area contributed by atoms with Crippen LogP contribution in [-0.4, -0.2) is 11.2 Å². The molecule has 0 amide bonds. The molecular formula is C28H26N2O3. The molecule has 0 aliphatic carbocycles. The second-order valence-electron chi connectivity index (χ2n) is 7.88. The van der Waals surface area contributed by atoms with Crippen LogP contribution in [0, 0.1) is 0 Å². The van der Waals surface area contributed by atoms with Gasteiger partial charge in [-0.25, -0.2) is 0 Å². The van der Waals surface area contributed by atoms with Gasteiger partial charge in [-0.15, -0.1) is 0 Å². The molecule has 5 aromatic rings. The number of aromatic nitrogens is 1. The molecule has 0 aliphatic heterocycles. The van der Waals surface area contributed by atoms with E-state index in [0.29, 0.717) is 36.5 Å². The van der Waals surface area contributed by atoms with E-state index in [4.69, 9.17) is 9.15 Å². The van der Waals surface area contributed by atoms with Gasteiger partial charge in [0.15, 0.2) is 5.58 Å². The molecule has 0 spiro atoms. The third-order valence-corrected chi connectivity index (χ3v) is 5.85. The molecule has 1 N–H and O–H groups in total. The van der Waals surface area contributed by atoms with Gasteiger partial charge in [0.1, 0.15) is 5.75 Å². The lowest BCUT2D eigenvalue weighted by Crippen LogP contribution is -2.19. The molecule has 3 aromatic carbocycles. The van der Waals surface area contributed by atoms with Crippen molar-refractivity contribution in [1.29, 1.82) is 0 Å². The second kappa shape index (κ2) is 8.87. The summed E-state index contributed by atoms with van der Waals surface area (Å²) in [5.41, 5.74) is 4.19. The molecule has 0 atom stereocenters. The van der Waals surface area contributed by atoms with Gasteiger partial charge >= 0.3 is 0 Å². The number of rotatable bonds is 7. The third kappa shape index (κ3) is 3.76. The van der Waals surface area contributed by atoms with E-state index in [-0.39, 0.29) is 5.56 Å². The highest BCUT2D eigenvalue weighted by atomic mass is 16.5. The zero-order chi connectivity index (χ0) is 22.8. The Hall–Kier alpha value is -3.99. The van der Waals surface area contributed by atoms with Gasteiger partial charge in [-0.05, 0) is 49.2 Å². The molecule has 0 bridgehead atoms. The van der Waals surface area contributed by atoms with Crippen molar-refractivity contribution in [3.05, 3.63) is 94.8 Å². The maximum Gasteiger partial charge on any atom is 0.262 e. The number of furan rings is 1. The summed E-state index contributed by atoms with van der Waals surface area (Å²) in [5, 5.41) is 4.95. The normalized spacial score (nSPS) is 11.2. The van der Waals surface area contributed by atoms with Crippen molar-refractivity contribution in [2.45, 2.75) is 26.9 Å². The van der Waals surface area contributed by atoms with Gasteiger partial charge in [0.05, 0.1) is 23.1 Å². The summed E-state index contributed by atoms with van der Waals surface area (Å²) < 4.78 is 13.9. The Morgan fingerprint density at radius 3 is 2.52 bits per heavy atom. The summed E-state index contributed by atoms with van der Waals surface area (Å²) >= 11 is 0. The van der Waals surface area contributed by atoms with Crippen LogP contribution in [0.3, 0.4) is 0 Å². The van der Waals surface area contributed by atoms with Crippen molar-refractivity contribution in [3.8, 4) is 16.9 Å². The van der Waals surface area contributed by atoms with E-state index < -0.39 is 0 Å². The lowest BCUT2D eigenvalue weighted by atomic mass is 10.0. The molecule has 0 saturated heterocycles. The van der Waals surface area contributed by atoms with Crippen molar-refractivity contribution < 1.29 is 9.15 Å². The standard InChI is InChI=1S/C28H26N2O3/c1-3-30-23-16-9-8-15-22(23)26-25(28(30)31)24(20-13-10-14-21(17-20)32-4-2)27(33-26)29-18-19-11-6-5-7-12-19/h5-17,29H,3-4,18H2,1-2H3. The van der Waals surface area contributed by atoms with Gasteiger partial charge in [0.2, 0.25) is 5.88 Å². The molecule has 5 rings (SSSR count). The Morgan fingerprint density at radius 1 is 0.939 bits per heavy atom. The van der Waals surface area contributed by atoms with Crippen molar-refractivity contribution in [2.24, 2.45) is 0 Å². The molecular weight excluding hydrogens is 412 g/mol. The molecule has 0 fully saturated rings. The van der Waals surface area contributed by atoms with Gasteiger partial charge in [0, 0.05) is 18.5 Å². The zero-order valence-corrected chi connectivity index (χ0v) is 18.8. The Morgan fingerprint density at radius 2 is 1.73 bits per heavy atom. The van der Waals surface area contributed by atoms with Crippen LogP contribution >= 0.6 is 0 Å². The Labute approximate surface area is 192 Å². The topological polar surface area (TPSA) is 56.4 Å². The largest absolute Gasteiger partial charge is 0.494 e. The number of hydrogen-bond donors (Lipinski definition) is 1. The first kappa shape index (κ1) is 20.9. The molecule has 33 heavy (non-hydrogen) atoms. The van der Waals surface area contributed by atoms with Crippen LogP contribution in [0.25, 0.3) is 33.0 Å². The average molecular weight is 439 g/mol. The summed E-state index contributed by atoms with van der Waals surface area (Å²) in [6.45, 7) is 5.68. The van der Waals surface area contributed by atoms with E-state index in [1.165, 1.54) is 0 Å². The first-order valence-corrected chi connectivity index (χ1v) is 11.3. The van der Waals surface area contributed by atoms with Gasteiger partial charge in [-0.3, -0.25) is 4.79 Å². The Bertz CT molecular complexity index is 1480. The Kier molecular flexibility index (Phi) is 5.61. The number of pyridine rings is 1. The molecule has 0 radical (unpaired) electrons. The number of nitrogens with one attached hydrogen (secondary N) is 1. The molecule has 0 aliphatic rings. The minimum atomic E-state index is -0.0560. The van der Waals surface area contributed by atoms with E-state index >= 15 is 0 Å². The van der Waals surface area contributed by atoms with Gasteiger partial charge in [-0.2, -0.15) is 0 Å². The number of hydrogen-bond acceptors (Lipinski definition) is 4. The lowest BCUT2D eigenvalue weighted by Gasteiger charge is -2.10. The fourth-order valence-electron chi connectivity index (χ4n) is 4.37. The van der Waals surface area contributed by atoms with Crippen LogP contribution in [0.5, 0.6) is 5.75 Å². The molecule has 0 unspecified atom stereocenters. The molecule has 5 nitrogen and oxygen atoms in total. The van der Waals surface area contributed by atoms with E-state index in [1.807, 2.05) is 85.1 Å². The van der Waals surface area contributed by atoms with Crippen molar-refractivity contribution >= 4 is 27.8 Å². The molecule has 166 valence electrons. The van der Waals surface area contributed by atoms with Crippen LogP contribution in [-0.2, 0) is 13.1 Å². The predicted octanol–water partition coefficient (Wildman–Crippen LogP) is 6.45. The van der Waals surface area contributed by atoms with E-state index in [9.17, 15) is 4.79 Å². The molecule has 5 heteroatoms. The average Bonchev–Trinajstić information content (AvgIpc) is 3.24. The van der Waals surface area contributed by atoms with Crippen LogP contribution in [0.15, 0.2) is 88.1 Å². The van der Waals surface area contributed by atoms with Crippen molar-refractivity contribution in [3.63, 3.8) is 0 Å². The minimum absolute atomic E-state index is 0.0560. The van der Waals surface area contributed by atoms with Crippen LogP contribution in [0.4, 0.5) is 5.88 Å². The summed E-state index contributed by atoms with van der Waals surface area (Å²) in [4.78, 5) is 13.7. The number of fused-ring (bicyclic) bond motifs is 3. The number of aryl methyl sites for hydroxylation is 1. The van der Waals surface area contributed by atoms with Crippen LogP contribution in [0.2, 0.25) is 0 Å². The van der Waals surface area contributed by atoms with E-state index in [2.05, 4.69) is 17.4 Å². The number of para-hydroxylation sites is 1. The number of anilines is 1.